The van der Waals surface area contributed by atoms with Crippen LogP contribution < -0.4 is 24.0 Å². The van der Waals surface area contributed by atoms with Gasteiger partial charge in [-0.1, -0.05) is 18.2 Å². The van der Waals surface area contributed by atoms with E-state index in [0.29, 0.717) is 17.9 Å². The van der Waals surface area contributed by atoms with E-state index in [1.165, 1.54) is 0 Å². The fraction of sp³-hybridized carbons (Fsp3) is 0.296. The third-order valence-electron chi connectivity index (χ3n) is 6.39. The number of nitrogens with zero attached hydrogens (tertiary/aromatic N) is 5. The average Bonchev–Trinajstić information content (AvgIpc) is 2.93. The summed E-state index contributed by atoms with van der Waals surface area (Å²) in [5.41, 5.74) is 2.84. The SMILES string of the molecule is COc1cc2ncnc(N3CCN(c4ccc(Cc5ccc(OC(F)F)cc5)cn4)CC3)c2cc1OC. The van der Waals surface area contributed by atoms with Crippen molar-refractivity contribution in [2.24, 2.45) is 0 Å². The van der Waals surface area contributed by atoms with Crippen LogP contribution in [0.3, 0.4) is 0 Å². The summed E-state index contributed by atoms with van der Waals surface area (Å²) in [7, 11) is 3.23. The van der Waals surface area contributed by atoms with Crippen molar-refractivity contribution in [3.05, 3.63) is 72.2 Å². The second-order valence-corrected chi connectivity index (χ2v) is 8.62. The largest absolute Gasteiger partial charge is 0.493 e. The van der Waals surface area contributed by atoms with Crippen molar-refractivity contribution in [3.63, 3.8) is 0 Å². The number of hydrogen-bond acceptors (Lipinski definition) is 8. The van der Waals surface area contributed by atoms with Crippen LogP contribution in [0.15, 0.2) is 61.1 Å². The summed E-state index contributed by atoms with van der Waals surface area (Å²) in [5, 5.41) is 0.921. The first kappa shape index (κ1) is 24.5. The van der Waals surface area contributed by atoms with Crippen molar-refractivity contribution in [1.82, 2.24) is 15.0 Å². The van der Waals surface area contributed by atoms with Crippen molar-refractivity contribution in [1.29, 1.82) is 0 Å². The fourth-order valence-electron chi connectivity index (χ4n) is 4.50. The molecular formula is C27H27F2N5O3. The number of rotatable bonds is 8. The van der Waals surface area contributed by atoms with Gasteiger partial charge in [-0.25, -0.2) is 15.0 Å². The standard InChI is InChI=1S/C27H27F2N5O3/c1-35-23-14-21-22(15-24(23)36-2)31-17-32-26(21)34-11-9-33(10-12-34)25-8-5-19(16-30-25)13-18-3-6-20(7-4-18)37-27(28)29/h3-8,14-17,27H,9-13H2,1-2H3. The van der Waals surface area contributed by atoms with E-state index < -0.39 is 6.61 Å². The van der Waals surface area contributed by atoms with E-state index in [1.807, 2.05) is 24.4 Å². The molecule has 0 aliphatic carbocycles. The van der Waals surface area contributed by atoms with Crippen LogP contribution in [0.2, 0.25) is 0 Å². The summed E-state index contributed by atoms with van der Waals surface area (Å²) in [5.74, 6) is 3.23. The number of halogens is 2. The molecule has 0 N–H and O–H groups in total. The topological polar surface area (TPSA) is 72.8 Å². The van der Waals surface area contributed by atoms with E-state index in [1.54, 1.807) is 44.8 Å². The maximum atomic E-state index is 12.3. The van der Waals surface area contributed by atoms with Crippen molar-refractivity contribution in [2.75, 3.05) is 50.2 Å². The van der Waals surface area contributed by atoms with Gasteiger partial charge in [0.05, 0.1) is 19.7 Å². The third-order valence-corrected chi connectivity index (χ3v) is 6.39. The molecule has 0 unspecified atom stereocenters. The Kier molecular flexibility index (Phi) is 7.16. The Bertz CT molecular complexity index is 1350. The van der Waals surface area contributed by atoms with Gasteiger partial charge in [-0.05, 0) is 41.8 Å². The minimum atomic E-state index is -2.82. The number of ether oxygens (including phenoxy) is 3. The normalized spacial score (nSPS) is 13.8. The molecule has 1 saturated heterocycles. The third kappa shape index (κ3) is 5.47. The lowest BCUT2D eigenvalue weighted by Gasteiger charge is -2.36. The lowest BCUT2D eigenvalue weighted by atomic mass is 10.1. The van der Waals surface area contributed by atoms with Crippen molar-refractivity contribution in [2.45, 2.75) is 13.0 Å². The number of aromatic nitrogens is 3. The van der Waals surface area contributed by atoms with Crippen LogP contribution >= 0.6 is 0 Å². The lowest BCUT2D eigenvalue weighted by Crippen LogP contribution is -2.47. The highest BCUT2D eigenvalue weighted by Crippen LogP contribution is 2.35. The van der Waals surface area contributed by atoms with Crippen LogP contribution in [0.5, 0.6) is 17.2 Å². The second kappa shape index (κ2) is 10.8. The molecule has 4 aromatic rings. The molecule has 8 nitrogen and oxygen atoms in total. The highest BCUT2D eigenvalue weighted by atomic mass is 19.3. The number of pyridine rings is 1. The molecule has 1 aliphatic rings. The molecule has 0 amide bonds. The molecule has 0 radical (unpaired) electrons. The van der Waals surface area contributed by atoms with Crippen molar-refractivity contribution in [3.8, 4) is 17.2 Å². The van der Waals surface area contributed by atoms with Gasteiger partial charge in [0.25, 0.3) is 0 Å². The number of benzene rings is 2. The zero-order valence-electron chi connectivity index (χ0n) is 20.6. The van der Waals surface area contributed by atoms with Crippen LogP contribution in [-0.2, 0) is 6.42 Å². The number of alkyl halides is 2. The Hall–Kier alpha value is -4.21. The predicted molar refractivity (Wildman–Crippen MR) is 137 cm³/mol. The van der Waals surface area contributed by atoms with Crippen LogP contribution in [-0.4, -0.2) is 62.0 Å². The molecule has 2 aromatic heterocycles. The molecule has 0 bridgehead atoms. The molecular weight excluding hydrogens is 480 g/mol. The van der Waals surface area contributed by atoms with Gasteiger partial charge in [0.2, 0.25) is 0 Å². The number of piperazine rings is 1. The van der Waals surface area contributed by atoms with Gasteiger partial charge < -0.3 is 24.0 Å². The first-order valence-electron chi connectivity index (χ1n) is 11.9. The molecule has 0 spiro atoms. The molecule has 192 valence electrons. The van der Waals surface area contributed by atoms with E-state index >= 15 is 0 Å². The summed E-state index contributed by atoms with van der Waals surface area (Å²) >= 11 is 0. The van der Waals surface area contributed by atoms with Crippen LogP contribution in [0, 0.1) is 0 Å². The Morgan fingerprint density at radius 1 is 0.811 bits per heavy atom. The quantitative estimate of drug-likeness (QED) is 0.344. The molecule has 37 heavy (non-hydrogen) atoms. The zero-order chi connectivity index (χ0) is 25.8. The zero-order valence-corrected chi connectivity index (χ0v) is 20.6. The lowest BCUT2D eigenvalue weighted by molar-refractivity contribution is -0.0498. The molecule has 1 aliphatic heterocycles. The highest BCUT2D eigenvalue weighted by Gasteiger charge is 2.22. The number of hydrogen-bond donors (Lipinski definition) is 0. The highest BCUT2D eigenvalue weighted by molar-refractivity contribution is 5.92. The molecule has 10 heteroatoms. The van der Waals surface area contributed by atoms with E-state index in [-0.39, 0.29) is 5.75 Å². The van der Waals surface area contributed by atoms with Gasteiger partial charge in [-0.3, -0.25) is 0 Å². The van der Waals surface area contributed by atoms with Crippen molar-refractivity contribution < 1.29 is 23.0 Å². The first-order valence-corrected chi connectivity index (χ1v) is 11.9. The van der Waals surface area contributed by atoms with E-state index in [4.69, 9.17) is 9.47 Å². The van der Waals surface area contributed by atoms with Gasteiger partial charge in [0.1, 0.15) is 23.7 Å². The molecule has 1 fully saturated rings. The maximum absolute atomic E-state index is 12.3. The van der Waals surface area contributed by atoms with Crippen LogP contribution in [0.4, 0.5) is 20.4 Å². The van der Waals surface area contributed by atoms with Crippen LogP contribution in [0.1, 0.15) is 11.1 Å². The van der Waals surface area contributed by atoms with Gasteiger partial charge in [-0.2, -0.15) is 8.78 Å². The Balaban J connectivity index is 1.23. The summed E-state index contributed by atoms with van der Waals surface area (Å²) in [4.78, 5) is 18.2. The second-order valence-electron chi connectivity index (χ2n) is 8.62. The van der Waals surface area contributed by atoms with Gasteiger partial charge in [0.15, 0.2) is 11.5 Å². The fourth-order valence-corrected chi connectivity index (χ4v) is 4.50. The number of fused-ring (bicyclic) bond motifs is 1. The van der Waals surface area contributed by atoms with Crippen molar-refractivity contribution >= 4 is 22.5 Å². The molecule has 2 aromatic carbocycles. The molecule has 3 heterocycles. The monoisotopic (exact) mass is 507 g/mol. The Labute approximate surface area is 213 Å². The average molecular weight is 508 g/mol. The maximum Gasteiger partial charge on any atom is 0.387 e. The van der Waals surface area contributed by atoms with Crippen LogP contribution in [0.25, 0.3) is 10.9 Å². The summed E-state index contributed by atoms with van der Waals surface area (Å²) < 4.78 is 40.0. The molecule has 5 rings (SSSR count). The molecule has 0 atom stereocenters. The smallest absolute Gasteiger partial charge is 0.387 e. The Morgan fingerprint density at radius 2 is 1.49 bits per heavy atom. The predicted octanol–water partition coefficient (Wildman–Crippen LogP) is 4.56. The summed E-state index contributed by atoms with van der Waals surface area (Å²) in [6.07, 6.45) is 4.10. The number of anilines is 2. The minimum Gasteiger partial charge on any atom is -0.493 e. The van der Waals surface area contributed by atoms with Gasteiger partial charge in [-0.15, -0.1) is 0 Å². The van der Waals surface area contributed by atoms with E-state index in [0.717, 1.165) is 59.8 Å². The molecule has 0 saturated carbocycles. The summed E-state index contributed by atoms with van der Waals surface area (Å²) in [6, 6.07) is 14.5. The number of methoxy groups -OCH3 is 2. The van der Waals surface area contributed by atoms with E-state index in [2.05, 4.69) is 35.6 Å². The summed E-state index contributed by atoms with van der Waals surface area (Å²) in [6.45, 7) is 0.360. The van der Waals surface area contributed by atoms with E-state index in [9.17, 15) is 8.78 Å². The van der Waals surface area contributed by atoms with Gasteiger partial charge >= 0.3 is 6.61 Å². The first-order chi connectivity index (χ1) is 18.0. The Morgan fingerprint density at radius 3 is 2.14 bits per heavy atom. The van der Waals surface area contributed by atoms with Gasteiger partial charge in [0, 0.05) is 43.8 Å². The minimum absolute atomic E-state index is 0.153.